The lowest BCUT2D eigenvalue weighted by atomic mass is 9.90. The summed E-state index contributed by atoms with van der Waals surface area (Å²) in [7, 11) is 0. The predicted octanol–water partition coefficient (Wildman–Crippen LogP) is 4.79. The van der Waals surface area contributed by atoms with Crippen molar-refractivity contribution in [3.63, 3.8) is 0 Å². The molecule has 5 heteroatoms. The van der Waals surface area contributed by atoms with Crippen molar-refractivity contribution in [2.75, 3.05) is 19.7 Å². The summed E-state index contributed by atoms with van der Waals surface area (Å²) in [6, 6.07) is 7.30. The zero-order valence-corrected chi connectivity index (χ0v) is 18.1. The Morgan fingerprint density at radius 2 is 1.72 bits per heavy atom. The van der Waals surface area contributed by atoms with Gasteiger partial charge in [-0.05, 0) is 37.6 Å². The minimum absolute atomic E-state index is 0.102. The van der Waals surface area contributed by atoms with E-state index in [9.17, 15) is 15.3 Å². The average Bonchev–Trinajstić information content (AvgIpc) is 2.74. The molecule has 3 atom stereocenters. The Morgan fingerprint density at radius 3 is 2.34 bits per heavy atom. The van der Waals surface area contributed by atoms with Crippen molar-refractivity contribution in [1.29, 1.82) is 0 Å². The number of rotatable bonds is 12. The lowest BCUT2D eigenvalue weighted by Gasteiger charge is -2.30. The number of likely N-dealkylation sites (N-methyl/N-ethyl adjacent to an activating group) is 1. The van der Waals surface area contributed by atoms with Crippen LogP contribution in [0.2, 0.25) is 0 Å². The summed E-state index contributed by atoms with van der Waals surface area (Å²) in [5.74, 6) is 0.102. The third-order valence-electron chi connectivity index (χ3n) is 5.63. The van der Waals surface area contributed by atoms with E-state index in [1.165, 1.54) is 0 Å². The summed E-state index contributed by atoms with van der Waals surface area (Å²) in [4.78, 5) is 2.26. The summed E-state index contributed by atoms with van der Waals surface area (Å²) < 4.78 is 5.60. The highest BCUT2D eigenvalue weighted by atomic mass is 16.6. The molecule has 0 saturated heterocycles. The van der Waals surface area contributed by atoms with E-state index in [2.05, 4.69) is 25.7 Å². The molecule has 1 aromatic rings. The Kier molecular flexibility index (Phi) is 9.88. The number of benzene rings is 1. The van der Waals surface area contributed by atoms with Gasteiger partial charge in [-0.25, -0.2) is 0 Å². The molecule has 0 amide bonds. The molecule has 0 radical (unpaired) electrons. The Labute approximate surface area is 175 Å². The topological polar surface area (TPSA) is 73.2 Å². The first-order valence-electron chi connectivity index (χ1n) is 10.9. The highest BCUT2D eigenvalue weighted by Crippen LogP contribution is 2.34. The molecule has 1 aromatic carbocycles. The SMILES string of the molecule is CCCCCCOC(O)c1ccccc1C(O)C1=CCC(N(CC)CC)C=C1O. The molecular formula is C24H37NO4. The van der Waals surface area contributed by atoms with Gasteiger partial charge in [0, 0.05) is 17.2 Å². The molecule has 0 saturated carbocycles. The monoisotopic (exact) mass is 403 g/mol. The first-order chi connectivity index (χ1) is 14.0. The van der Waals surface area contributed by atoms with Gasteiger partial charge in [0.15, 0.2) is 6.29 Å². The molecule has 0 spiro atoms. The van der Waals surface area contributed by atoms with E-state index in [1.807, 2.05) is 24.3 Å². The molecule has 0 aromatic heterocycles. The fourth-order valence-electron chi connectivity index (χ4n) is 3.86. The Balaban J connectivity index is 2.10. The van der Waals surface area contributed by atoms with Crippen molar-refractivity contribution >= 4 is 0 Å². The molecular weight excluding hydrogens is 366 g/mol. The molecule has 1 aliphatic carbocycles. The van der Waals surface area contributed by atoms with Gasteiger partial charge in [-0.3, -0.25) is 4.90 Å². The van der Waals surface area contributed by atoms with Crippen LogP contribution >= 0.6 is 0 Å². The lowest BCUT2D eigenvalue weighted by Crippen LogP contribution is -2.35. The number of hydrogen-bond acceptors (Lipinski definition) is 5. The number of ether oxygens (including phenoxy) is 1. The van der Waals surface area contributed by atoms with Crippen molar-refractivity contribution in [3.8, 4) is 0 Å². The van der Waals surface area contributed by atoms with Crippen LogP contribution in [-0.4, -0.2) is 46.0 Å². The van der Waals surface area contributed by atoms with Crippen molar-refractivity contribution in [2.24, 2.45) is 0 Å². The highest BCUT2D eigenvalue weighted by Gasteiger charge is 2.27. The van der Waals surface area contributed by atoms with E-state index in [4.69, 9.17) is 4.74 Å². The summed E-state index contributed by atoms with van der Waals surface area (Å²) in [6.07, 6.45) is 6.62. The summed E-state index contributed by atoms with van der Waals surface area (Å²) in [5, 5.41) is 32.1. The fraction of sp³-hybridized carbons (Fsp3) is 0.583. The van der Waals surface area contributed by atoms with Crippen LogP contribution in [0.1, 0.15) is 76.4 Å². The zero-order chi connectivity index (χ0) is 21.2. The van der Waals surface area contributed by atoms with E-state index in [-0.39, 0.29) is 11.8 Å². The van der Waals surface area contributed by atoms with Crippen LogP contribution in [-0.2, 0) is 4.74 Å². The zero-order valence-electron chi connectivity index (χ0n) is 18.1. The summed E-state index contributed by atoms with van der Waals surface area (Å²) in [6.45, 7) is 8.64. The Bertz CT molecular complexity index is 681. The van der Waals surface area contributed by atoms with Crippen LogP contribution in [0.3, 0.4) is 0 Å². The van der Waals surface area contributed by atoms with Gasteiger partial charge >= 0.3 is 0 Å². The molecule has 0 fully saturated rings. The molecule has 1 aliphatic rings. The van der Waals surface area contributed by atoms with E-state index >= 15 is 0 Å². The quantitative estimate of drug-likeness (QED) is 0.346. The molecule has 29 heavy (non-hydrogen) atoms. The largest absolute Gasteiger partial charge is 0.508 e. The normalized spacial score (nSPS) is 19.0. The number of aliphatic hydroxyl groups excluding tert-OH is 3. The van der Waals surface area contributed by atoms with Gasteiger partial charge in [0.1, 0.15) is 11.9 Å². The second kappa shape index (κ2) is 12.1. The molecule has 0 bridgehead atoms. The van der Waals surface area contributed by atoms with Gasteiger partial charge in [-0.15, -0.1) is 0 Å². The van der Waals surface area contributed by atoms with Crippen LogP contribution in [0, 0.1) is 0 Å². The van der Waals surface area contributed by atoms with Crippen LogP contribution in [0.5, 0.6) is 0 Å². The van der Waals surface area contributed by atoms with Crippen LogP contribution < -0.4 is 0 Å². The maximum absolute atomic E-state index is 11.0. The number of unbranched alkanes of at least 4 members (excludes halogenated alkanes) is 3. The van der Waals surface area contributed by atoms with Crippen LogP contribution in [0.4, 0.5) is 0 Å². The first-order valence-corrected chi connectivity index (χ1v) is 10.9. The third-order valence-corrected chi connectivity index (χ3v) is 5.63. The number of nitrogens with zero attached hydrogens (tertiary/aromatic N) is 1. The predicted molar refractivity (Wildman–Crippen MR) is 117 cm³/mol. The molecule has 162 valence electrons. The molecule has 0 aliphatic heterocycles. The second-order valence-electron chi connectivity index (χ2n) is 7.55. The van der Waals surface area contributed by atoms with E-state index in [1.54, 1.807) is 12.1 Å². The highest BCUT2D eigenvalue weighted by molar-refractivity contribution is 5.42. The van der Waals surface area contributed by atoms with E-state index < -0.39 is 12.4 Å². The van der Waals surface area contributed by atoms with Gasteiger partial charge in [0.2, 0.25) is 0 Å². The molecule has 5 nitrogen and oxygen atoms in total. The van der Waals surface area contributed by atoms with Gasteiger partial charge < -0.3 is 20.1 Å². The van der Waals surface area contributed by atoms with Crippen molar-refractivity contribution in [2.45, 2.75) is 71.3 Å². The number of aliphatic hydroxyl groups is 3. The minimum Gasteiger partial charge on any atom is -0.508 e. The molecule has 0 heterocycles. The molecule has 3 unspecified atom stereocenters. The smallest absolute Gasteiger partial charge is 0.181 e. The van der Waals surface area contributed by atoms with Gasteiger partial charge in [-0.1, -0.05) is 70.4 Å². The van der Waals surface area contributed by atoms with Gasteiger partial charge in [0.05, 0.1) is 6.61 Å². The average molecular weight is 404 g/mol. The molecule has 2 rings (SSSR count). The van der Waals surface area contributed by atoms with E-state index in [0.29, 0.717) is 23.3 Å². The fourth-order valence-corrected chi connectivity index (χ4v) is 3.86. The standard InChI is InChI=1S/C24H37NO4/c1-4-7-8-11-16-29-24(28)20-13-10-9-12-19(20)23(27)21-15-14-18(17-22(21)26)25(5-2)6-3/h9-10,12-13,15,17-18,23-24,26-28H,4-8,11,14,16H2,1-3H3. The summed E-state index contributed by atoms with van der Waals surface area (Å²) in [5.41, 5.74) is 1.58. The Hall–Kier alpha value is -1.66. The second-order valence-corrected chi connectivity index (χ2v) is 7.55. The molecule has 3 N–H and O–H groups in total. The van der Waals surface area contributed by atoms with Gasteiger partial charge in [-0.2, -0.15) is 0 Å². The third kappa shape index (κ3) is 6.41. The van der Waals surface area contributed by atoms with Crippen molar-refractivity contribution in [3.05, 3.63) is 58.9 Å². The maximum Gasteiger partial charge on any atom is 0.181 e. The van der Waals surface area contributed by atoms with E-state index in [0.717, 1.165) is 45.2 Å². The van der Waals surface area contributed by atoms with Crippen LogP contribution in [0.15, 0.2) is 47.7 Å². The first kappa shape index (κ1) is 23.6. The number of hydrogen-bond donors (Lipinski definition) is 3. The maximum atomic E-state index is 11.0. The van der Waals surface area contributed by atoms with Gasteiger partial charge in [0.25, 0.3) is 0 Å². The van der Waals surface area contributed by atoms with Crippen molar-refractivity contribution in [1.82, 2.24) is 4.90 Å². The Morgan fingerprint density at radius 1 is 1.03 bits per heavy atom. The summed E-state index contributed by atoms with van der Waals surface area (Å²) >= 11 is 0. The van der Waals surface area contributed by atoms with Crippen molar-refractivity contribution < 1.29 is 20.1 Å². The minimum atomic E-state index is -1.10. The lowest BCUT2D eigenvalue weighted by molar-refractivity contribution is -0.105. The van der Waals surface area contributed by atoms with Crippen LogP contribution in [0.25, 0.3) is 0 Å².